The van der Waals surface area contributed by atoms with Gasteiger partial charge < -0.3 is 9.64 Å². The van der Waals surface area contributed by atoms with E-state index in [-0.39, 0.29) is 41.1 Å². The second-order valence-corrected chi connectivity index (χ2v) is 9.48. The van der Waals surface area contributed by atoms with Crippen LogP contribution in [0.15, 0.2) is 29.2 Å². The second kappa shape index (κ2) is 8.45. The number of carbonyl (C=O) groups is 1. The molecule has 1 aromatic carbocycles. The molecule has 9 heteroatoms. The molecular formula is C18H26ClN3O4S. The van der Waals surface area contributed by atoms with Gasteiger partial charge in [0, 0.05) is 39.3 Å². The van der Waals surface area contributed by atoms with Crippen molar-refractivity contribution < 1.29 is 17.9 Å². The molecule has 2 saturated heterocycles. The number of morpholine rings is 1. The Kier molecular flexibility index (Phi) is 6.43. The summed E-state index contributed by atoms with van der Waals surface area (Å²) in [6.07, 6.45) is 0.221. The highest BCUT2D eigenvalue weighted by Gasteiger charge is 2.32. The number of hydrogen-bond acceptors (Lipinski definition) is 5. The highest BCUT2D eigenvalue weighted by molar-refractivity contribution is 7.89. The zero-order valence-corrected chi connectivity index (χ0v) is 17.2. The van der Waals surface area contributed by atoms with E-state index in [1.165, 1.54) is 10.4 Å². The summed E-state index contributed by atoms with van der Waals surface area (Å²) in [5.41, 5.74) is 0. The van der Waals surface area contributed by atoms with E-state index in [9.17, 15) is 13.2 Å². The Hall–Kier alpha value is -1.19. The number of rotatable bonds is 4. The van der Waals surface area contributed by atoms with Crippen molar-refractivity contribution in [3.05, 3.63) is 29.3 Å². The summed E-state index contributed by atoms with van der Waals surface area (Å²) < 4.78 is 32.7. The van der Waals surface area contributed by atoms with Crippen LogP contribution >= 0.6 is 11.6 Å². The first-order chi connectivity index (χ1) is 12.8. The average molecular weight is 416 g/mol. The first kappa shape index (κ1) is 20.5. The molecule has 150 valence electrons. The third kappa shape index (κ3) is 4.81. The lowest BCUT2D eigenvalue weighted by molar-refractivity contribution is -0.137. The van der Waals surface area contributed by atoms with Crippen LogP contribution in [0.4, 0.5) is 0 Å². The highest BCUT2D eigenvalue weighted by Crippen LogP contribution is 2.25. The van der Waals surface area contributed by atoms with Crippen LogP contribution in [0.3, 0.4) is 0 Å². The molecule has 3 rings (SSSR count). The fraction of sp³-hybridized carbons (Fsp3) is 0.611. The summed E-state index contributed by atoms with van der Waals surface area (Å²) in [6.45, 7) is 7.14. The first-order valence-corrected chi connectivity index (χ1v) is 11.0. The number of hydrogen-bond donors (Lipinski definition) is 0. The number of amides is 1. The van der Waals surface area contributed by atoms with Gasteiger partial charge in [0.05, 0.1) is 23.8 Å². The summed E-state index contributed by atoms with van der Waals surface area (Å²) in [5.74, 6) is 0.0334. The van der Waals surface area contributed by atoms with E-state index in [0.717, 1.165) is 13.1 Å². The Morgan fingerprint density at radius 1 is 1.11 bits per heavy atom. The summed E-state index contributed by atoms with van der Waals surface area (Å²) in [4.78, 5) is 16.6. The summed E-state index contributed by atoms with van der Waals surface area (Å²) in [6, 6.07) is 6.43. The Labute approximate surface area is 165 Å². The molecule has 7 nitrogen and oxygen atoms in total. The van der Waals surface area contributed by atoms with Gasteiger partial charge in [-0.25, -0.2) is 8.42 Å². The van der Waals surface area contributed by atoms with Crippen LogP contribution in [0.1, 0.15) is 13.8 Å². The Balaban J connectivity index is 1.57. The molecule has 2 atom stereocenters. The molecule has 0 unspecified atom stereocenters. The maximum absolute atomic E-state index is 12.8. The monoisotopic (exact) mass is 415 g/mol. The normalized spacial score (nSPS) is 25.5. The van der Waals surface area contributed by atoms with Gasteiger partial charge >= 0.3 is 0 Å². The average Bonchev–Trinajstić information content (AvgIpc) is 2.61. The Bertz CT molecular complexity index is 771. The van der Waals surface area contributed by atoms with Gasteiger partial charge in [0.1, 0.15) is 4.90 Å². The molecule has 2 fully saturated rings. The number of ether oxygens (including phenoxy) is 1. The molecule has 0 bridgehead atoms. The maximum Gasteiger partial charge on any atom is 0.244 e. The minimum Gasteiger partial charge on any atom is -0.373 e. The Morgan fingerprint density at radius 3 is 2.30 bits per heavy atom. The first-order valence-electron chi connectivity index (χ1n) is 9.17. The van der Waals surface area contributed by atoms with Crippen LogP contribution in [-0.2, 0) is 19.6 Å². The van der Waals surface area contributed by atoms with E-state index in [0.29, 0.717) is 19.6 Å². The van der Waals surface area contributed by atoms with Crippen molar-refractivity contribution in [2.45, 2.75) is 31.0 Å². The summed E-state index contributed by atoms with van der Waals surface area (Å²) >= 11 is 6.05. The fourth-order valence-corrected chi connectivity index (χ4v) is 5.59. The van der Waals surface area contributed by atoms with Gasteiger partial charge in [-0.2, -0.15) is 4.31 Å². The lowest BCUT2D eigenvalue weighted by Crippen LogP contribution is -2.54. The van der Waals surface area contributed by atoms with E-state index in [2.05, 4.69) is 4.90 Å². The summed E-state index contributed by atoms with van der Waals surface area (Å²) in [5, 5.41) is 0.214. The van der Waals surface area contributed by atoms with Crippen molar-refractivity contribution in [2.24, 2.45) is 0 Å². The van der Waals surface area contributed by atoms with Crippen LogP contribution in [-0.4, -0.2) is 86.5 Å². The zero-order valence-electron chi connectivity index (χ0n) is 15.7. The minimum atomic E-state index is -3.65. The van der Waals surface area contributed by atoms with Crippen LogP contribution in [0.5, 0.6) is 0 Å². The smallest absolute Gasteiger partial charge is 0.244 e. The van der Waals surface area contributed by atoms with E-state index in [4.69, 9.17) is 16.3 Å². The molecule has 1 aromatic rings. The molecule has 2 aliphatic rings. The summed E-state index contributed by atoms with van der Waals surface area (Å²) in [7, 11) is -3.65. The maximum atomic E-state index is 12.8. The quantitative estimate of drug-likeness (QED) is 0.741. The number of sulfonamides is 1. The molecule has 2 aliphatic heterocycles. The molecule has 0 radical (unpaired) electrons. The van der Waals surface area contributed by atoms with Gasteiger partial charge in [-0.05, 0) is 26.0 Å². The SMILES string of the molecule is C[C@H]1CN(CC(=O)N2CCN(S(=O)(=O)c3ccccc3Cl)CC2)C[C@H](C)O1. The van der Waals surface area contributed by atoms with Crippen LogP contribution in [0, 0.1) is 0 Å². The van der Waals surface area contributed by atoms with Crippen LogP contribution in [0.25, 0.3) is 0 Å². The van der Waals surface area contributed by atoms with Gasteiger partial charge in [-0.1, -0.05) is 23.7 Å². The molecule has 2 heterocycles. The second-order valence-electron chi connectivity index (χ2n) is 7.17. The number of carbonyl (C=O) groups excluding carboxylic acids is 1. The number of benzene rings is 1. The van der Waals surface area contributed by atoms with E-state index in [1.807, 2.05) is 13.8 Å². The van der Waals surface area contributed by atoms with Crippen molar-refractivity contribution >= 4 is 27.5 Å². The van der Waals surface area contributed by atoms with E-state index < -0.39 is 10.0 Å². The van der Waals surface area contributed by atoms with Crippen molar-refractivity contribution in [3.8, 4) is 0 Å². The molecule has 27 heavy (non-hydrogen) atoms. The predicted octanol–water partition coefficient (Wildman–Crippen LogP) is 1.28. The van der Waals surface area contributed by atoms with Gasteiger partial charge in [-0.3, -0.25) is 9.69 Å². The molecule has 0 spiro atoms. The van der Waals surface area contributed by atoms with Crippen molar-refractivity contribution in [2.75, 3.05) is 45.8 Å². The number of nitrogens with zero attached hydrogens (tertiary/aromatic N) is 3. The third-order valence-electron chi connectivity index (χ3n) is 4.90. The lowest BCUT2D eigenvalue weighted by Gasteiger charge is -2.38. The minimum absolute atomic E-state index is 0.0334. The van der Waals surface area contributed by atoms with Crippen molar-refractivity contribution in [1.29, 1.82) is 0 Å². The van der Waals surface area contributed by atoms with Gasteiger partial charge in [0.15, 0.2) is 0 Å². The zero-order chi connectivity index (χ0) is 19.6. The van der Waals surface area contributed by atoms with Crippen molar-refractivity contribution in [3.63, 3.8) is 0 Å². The van der Waals surface area contributed by atoms with Crippen LogP contribution < -0.4 is 0 Å². The van der Waals surface area contributed by atoms with Gasteiger partial charge in [-0.15, -0.1) is 0 Å². The third-order valence-corrected chi connectivity index (χ3v) is 7.30. The highest BCUT2D eigenvalue weighted by atomic mass is 35.5. The van der Waals surface area contributed by atoms with Gasteiger partial charge in [0.2, 0.25) is 15.9 Å². The standard InChI is InChI=1S/C18H26ClN3O4S/c1-14-11-20(12-15(2)26-14)13-18(23)21-7-9-22(10-8-21)27(24,25)17-6-4-3-5-16(17)19/h3-6,14-15H,7-13H2,1-2H3/t14-,15-/m0/s1. The van der Waals surface area contributed by atoms with Gasteiger partial charge in [0.25, 0.3) is 0 Å². The predicted molar refractivity (Wildman–Crippen MR) is 103 cm³/mol. The largest absolute Gasteiger partial charge is 0.373 e. The fourth-order valence-electron chi connectivity index (χ4n) is 3.68. The molecule has 0 N–H and O–H groups in total. The molecule has 0 aliphatic carbocycles. The molecule has 1 amide bonds. The topological polar surface area (TPSA) is 70.2 Å². The van der Waals surface area contributed by atoms with Crippen LogP contribution in [0.2, 0.25) is 5.02 Å². The Morgan fingerprint density at radius 2 is 1.70 bits per heavy atom. The number of halogens is 1. The van der Waals surface area contributed by atoms with E-state index >= 15 is 0 Å². The molecule has 0 aromatic heterocycles. The lowest BCUT2D eigenvalue weighted by atomic mass is 10.2. The molecule has 0 saturated carbocycles. The molecular weight excluding hydrogens is 390 g/mol. The number of piperazine rings is 1. The van der Waals surface area contributed by atoms with Crippen molar-refractivity contribution in [1.82, 2.24) is 14.1 Å². The van der Waals surface area contributed by atoms with E-state index in [1.54, 1.807) is 23.1 Å².